The van der Waals surface area contributed by atoms with Gasteiger partial charge in [-0.3, -0.25) is 0 Å². The quantitative estimate of drug-likeness (QED) is 0.107. The summed E-state index contributed by atoms with van der Waals surface area (Å²) >= 11 is 0. The first-order chi connectivity index (χ1) is 50.6. The molecule has 105 heavy (non-hydrogen) atoms. The normalized spacial score (nSPS) is 12.7. The van der Waals surface area contributed by atoms with Crippen LogP contribution in [0.2, 0.25) is 0 Å². The van der Waals surface area contributed by atoms with Crippen molar-refractivity contribution in [2.45, 2.75) is 105 Å². The highest BCUT2D eigenvalue weighted by atomic mass is 15.2. The Morgan fingerprint density at radius 3 is 0.752 bits per heavy atom. The van der Waals surface area contributed by atoms with Gasteiger partial charge in [-0.1, -0.05) is 332 Å². The summed E-state index contributed by atoms with van der Waals surface area (Å²) in [5.41, 5.74) is 32.9. The number of hydrogen-bond donors (Lipinski definition) is 0. The molecule has 0 saturated heterocycles. The maximum absolute atomic E-state index is 2.70. The van der Waals surface area contributed by atoms with Crippen molar-refractivity contribution in [3.8, 4) is 55.6 Å². The van der Waals surface area contributed by atoms with E-state index in [2.05, 4.69) is 436 Å². The minimum absolute atomic E-state index is 0.0515. The van der Waals surface area contributed by atoms with E-state index in [1.54, 1.807) is 0 Å². The molecular weight excluding hydrogens is 1270 g/mol. The van der Waals surface area contributed by atoms with E-state index in [0.717, 1.165) is 124 Å². The van der Waals surface area contributed by atoms with Gasteiger partial charge in [0.1, 0.15) is 0 Å². The predicted molar refractivity (Wildman–Crippen MR) is 452 cm³/mol. The zero-order chi connectivity index (χ0) is 72.5. The Hall–Kier alpha value is -11.7. The van der Waals surface area contributed by atoms with Crippen molar-refractivity contribution in [3.63, 3.8) is 0 Å². The maximum atomic E-state index is 2.70. The van der Waals surface area contributed by atoms with Crippen LogP contribution in [-0.4, -0.2) is 6.71 Å². The van der Waals surface area contributed by atoms with Gasteiger partial charge in [0, 0.05) is 79.1 Å². The van der Waals surface area contributed by atoms with Crippen LogP contribution < -0.4 is 36.0 Å². The summed E-state index contributed by atoms with van der Waals surface area (Å²) in [6.45, 7) is 27.4. The van der Waals surface area contributed by atoms with E-state index in [1.807, 2.05) is 0 Å². The Bertz CT molecular complexity index is 4920. The van der Waals surface area contributed by atoms with Gasteiger partial charge in [-0.25, -0.2) is 0 Å². The fourth-order valence-electron chi connectivity index (χ4n) is 15.8. The fourth-order valence-corrected chi connectivity index (χ4v) is 15.8. The zero-order valence-electron chi connectivity index (χ0n) is 62.6. The minimum Gasteiger partial charge on any atom is -0.310 e. The maximum Gasteiger partial charge on any atom is 0.252 e. The topological polar surface area (TPSA) is 13.0 Å². The zero-order valence-corrected chi connectivity index (χ0v) is 62.6. The molecule has 14 aromatic carbocycles. The van der Waals surface area contributed by atoms with Crippen LogP contribution in [0.1, 0.15) is 105 Å². The molecule has 5 heteroatoms. The van der Waals surface area contributed by atoms with Crippen molar-refractivity contribution in [1.29, 1.82) is 0 Å². The van der Waals surface area contributed by atoms with Crippen LogP contribution in [0.5, 0.6) is 0 Å². The molecule has 4 nitrogen and oxygen atoms in total. The van der Waals surface area contributed by atoms with Gasteiger partial charge in [0.15, 0.2) is 0 Å². The molecule has 0 aliphatic carbocycles. The molecule has 0 spiro atoms. The first kappa shape index (κ1) is 67.8. The summed E-state index contributed by atoms with van der Waals surface area (Å²) < 4.78 is 0. The molecule has 2 aliphatic heterocycles. The van der Waals surface area contributed by atoms with E-state index in [4.69, 9.17) is 0 Å². The summed E-state index contributed by atoms with van der Waals surface area (Å²) in [4.78, 5) is 10.2. The van der Waals surface area contributed by atoms with E-state index in [-0.39, 0.29) is 28.4 Å². The Kier molecular flexibility index (Phi) is 17.4. The first-order valence-electron chi connectivity index (χ1n) is 37.3. The Labute approximate surface area is 623 Å². The molecule has 14 aromatic rings. The Morgan fingerprint density at radius 1 is 0.219 bits per heavy atom. The number of fused-ring (bicyclic) bond motifs is 4. The highest BCUT2D eigenvalue weighted by molar-refractivity contribution is 7.00. The Morgan fingerprint density at radius 2 is 0.486 bits per heavy atom. The molecule has 0 atom stereocenters. The molecule has 0 bridgehead atoms. The van der Waals surface area contributed by atoms with Gasteiger partial charge < -0.3 is 19.6 Å². The van der Waals surface area contributed by atoms with Gasteiger partial charge in [-0.05, 0) is 179 Å². The fraction of sp³-hybridized carbons (Fsp3) is 0.160. The summed E-state index contributed by atoms with van der Waals surface area (Å²) in [5, 5.41) is 0. The lowest BCUT2D eigenvalue weighted by molar-refractivity contribution is 0.590. The second-order valence-electron chi connectivity index (χ2n) is 32.6. The summed E-state index contributed by atoms with van der Waals surface area (Å²) in [6, 6.07) is 126. The molecule has 0 N–H and O–H groups in total. The molecule has 0 fully saturated rings. The van der Waals surface area contributed by atoms with Crippen molar-refractivity contribution in [2.75, 3.05) is 19.6 Å². The third kappa shape index (κ3) is 12.8. The SMILES string of the molecule is CC(C)(C)c1ccc(-c2cccc(-c3ccc(C(C)(C)C)cc3)c2N2c3cc(N(c4ccccc4)c4ccccc4)ccc3B3c4ccc(N(c5ccccc5)c5ccccc5)cc4N(c4c(-c5ccc(C(C)(C)C)cc5)cccc4-c4ccc(C(C)(C)C)cc4)c4cc(-c5ccccc5)cc2c43)cc1. The van der Waals surface area contributed by atoms with Crippen LogP contribution in [0.4, 0.5) is 68.2 Å². The van der Waals surface area contributed by atoms with Gasteiger partial charge >= 0.3 is 0 Å². The Balaban J connectivity index is 1.08. The molecule has 514 valence electrons. The number of benzene rings is 14. The predicted octanol–water partition coefficient (Wildman–Crippen LogP) is 26.2. The average molecular weight is 1360 g/mol. The van der Waals surface area contributed by atoms with Gasteiger partial charge in [-0.2, -0.15) is 0 Å². The molecule has 2 aliphatic rings. The van der Waals surface area contributed by atoms with Crippen LogP contribution in [0, 0.1) is 0 Å². The van der Waals surface area contributed by atoms with Crippen LogP contribution in [0.15, 0.2) is 334 Å². The van der Waals surface area contributed by atoms with E-state index in [9.17, 15) is 0 Å². The van der Waals surface area contributed by atoms with Gasteiger partial charge in [0.25, 0.3) is 6.71 Å². The van der Waals surface area contributed by atoms with Crippen molar-refractivity contribution >= 4 is 91.3 Å². The summed E-state index contributed by atoms with van der Waals surface area (Å²) in [6.07, 6.45) is 0. The molecule has 0 radical (unpaired) electrons. The molecule has 0 saturated carbocycles. The highest BCUT2D eigenvalue weighted by Gasteiger charge is 2.46. The lowest BCUT2D eigenvalue weighted by atomic mass is 9.33. The highest BCUT2D eigenvalue weighted by Crippen LogP contribution is 2.55. The number of anilines is 12. The minimum atomic E-state index is -0.273. The number of rotatable bonds is 13. The second-order valence-corrected chi connectivity index (χ2v) is 32.6. The van der Waals surface area contributed by atoms with E-state index in [1.165, 1.54) is 38.6 Å². The van der Waals surface area contributed by atoms with Crippen molar-refractivity contribution in [3.05, 3.63) is 356 Å². The molecular formula is C100H91BN4. The van der Waals surface area contributed by atoms with Crippen LogP contribution in [0.25, 0.3) is 55.6 Å². The molecule has 0 amide bonds. The molecule has 0 unspecified atom stereocenters. The number of para-hydroxylation sites is 6. The third-order valence-corrected chi connectivity index (χ3v) is 21.5. The van der Waals surface area contributed by atoms with Gasteiger partial charge in [0.05, 0.1) is 11.4 Å². The van der Waals surface area contributed by atoms with Gasteiger partial charge in [-0.15, -0.1) is 0 Å². The van der Waals surface area contributed by atoms with Crippen molar-refractivity contribution in [2.24, 2.45) is 0 Å². The van der Waals surface area contributed by atoms with Crippen LogP contribution in [-0.2, 0) is 21.7 Å². The smallest absolute Gasteiger partial charge is 0.252 e. The number of nitrogens with zero attached hydrogens (tertiary/aromatic N) is 4. The van der Waals surface area contributed by atoms with E-state index < -0.39 is 0 Å². The third-order valence-electron chi connectivity index (χ3n) is 21.5. The largest absolute Gasteiger partial charge is 0.310 e. The average Bonchev–Trinajstić information content (AvgIpc) is 0.687. The van der Waals surface area contributed by atoms with E-state index >= 15 is 0 Å². The first-order valence-corrected chi connectivity index (χ1v) is 37.3. The van der Waals surface area contributed by atoms with Crippen LogP contribution in [0.3, 0.4) is 0 Å². The van der Waals surface area contributed by atoms with Gasteiger partial charge in [0.2, 0.25) is 0 Å². The lowest BCUT2D eigenvalue weighted by Crippen LogP contribution is -2.61. The number of hydrogen-bond acceptors (Lipinski definition) is 4. The van der Waals surface area contributed by atoms with Crippen molar-refractivity contribution < 1.29 is 0 Å². The van der Waals surface area contributed by atoms with Crippen molar-refractivity contribution in [1.82, 2.24) is 0 Å². The lowest BCUT2D eigenvalue weighted by Gasteiger charge is -2.46. The monoisotopic (exact) mass is 1360 g/mol. The summed E-state index contributed by atoms with van der Waals surface area (Å²) in [5.74, 6) is 0. The molecule has 16 rings (SSSR count). The second kappa shape index (κ2) is 26.9. The molecule has 0 aromatic heterocycles. The summed E-state index contributed by atoms with van der Waals surface area (Å²) in [7, 11) is 0. The van der Waals surface area contributed by atoms with E-state index in [0.29, 0.717) is 0 Å². The van der Waals surface area contributed by atoms with Crippen LogP contribution >= 0.6 is 0 Å². The molecule has 2 heterocycles. The standard InChI is InChI=1S/C100H91BN4/c1-97(2,3)74-52-44-69(45-53-74)84-40-28-41-85(70-46-54-75(55-47-70)98(4,5)6)95(84)104-90-66-82(102(78-32-20-14-21-33-78)79-34-22-15-23-35-79)60-62-88(90)101-89-63-61-83(103(80-36-24-16-25-37-80)81-38-26-17-27-39-81)67-91(89)105(93-65-73(64-92(104)94(93)101)68-30-18-13-19-31-68)96-86(71-48-56-76(57-49-71)99(7,8)9)42-29-43-87(96)72-50-58-77(59-51-72)100(10,11)12/h13-67H,1-12H3.